The Morgan fingerprint density at radius 2 is 1.18 bits per heavy atom. The minimum atomic E-state index is -1.04. The van der Waals surface area contributed by atoms with E-state index in [1.165, 1.54) is 0 Å². The number of carbonyl (C=O) groups excluding carboxylic acids is 2. The van der Waals surface area contributed by atoms with Crippen LogP contribution in [0.1, 0.15) is 123 Å². The summed E-state index contributed by atoms with van der Waals surface area (Å²) < 4.78 is 5.76. The van der Waals surface area contributed by atoms with Gasteiger partial charge < -0.3 is 15.2 Å². The van der Waals surface area contributed by atoms with E-state index in [2.05, 4.69) is 92.1 Å². The standard InChI is InChI=1S/C38H59NO5/c1-3-5-7-9-10-11-12-13-14-15-16-17-18-19-20-21-22-23-29-33-38(43)44-35(30-26-8-6-4-2)31-27-24-25-28-32-36(40)39-34-37(41)42/h5,7,10-11,13-14,16-17,19-20,22-23,26,30,35H,3-4,6,8-9,12,15,18,21,24-25,27-29,31-34H2,1-2H3,(H,39,40)(H,41,42)/b7-5-,11-10-,14-13-,17-16-,20-19-,23-22-,30-26-. The van der Waals surface area contributed by atoms with Crippen molar-refractivity contribution in [2.75, 3.05) is 6.54 Å². The van der Waals surface area contributed by atoms with Gasteiger partial charge in [0.05, 0.1) is 0 Å². The molecule has 6 heteroatoms. The van der Waals surface area contributed by atoms with Crippen molar-refractivity contribution in [1.82, 2.24) is 5.32 Å². The lowest BCUT2D eigenvalue weighted by molar-refractivity contribution is -0.147. The Hall–Kier alpha value is -3.41. The number of carboxylic acids is 1. The Bertz CT molecular complexity index is 939. The van der Waals surface area contributed by atoms with Crippen LogP contribution in [0, 0.1) is 0 Å². The van der Waals surface area contributed by atoms with E-state index in [4.69, 9.17) is 9.84 Å². The summed E-state index contributed by atoms with van der Waals surface area (Å²) in [6, 6.07) is 0. The van der Waals surface area contributed by atoms with Gasteiger partial charge in [-0.2, -0.15) is 0 Å². The number of rotatable bonds is 28. The second-order valence-electron chi connectivity index (χ2n) is 10.7. The van der Waals surface area contributed by atoms with Crippen molar-refractivity contribution >= 4 is 17.8 Å². The molecule has 1 unspecified atom stereocenters. The summed E-state index contributed by atoms with van der Waals surface area (Å²) in [6.07, 6.45) is 44.5. The first-order chi connectivity index (χ1) is 21.5. The maximum absolute atomic E-state index is 12.4. The van der Waals surface area contributed by atoms with Crippen LogP contribution in [-0.4, -0.2) is 35.6 Å². The van der Waals surface area contributed by atoms with Crippen LogP contribution in [0.5, 0.6) is 0 Å². The molecule has 0 aliphatic carbocycles. The summed E-state index contributed by atoms with van der Waals surface area (Å²) in [5.74, 6) is -1.45. The molecular formula is C38H59NO5. The zero-order valence-electron chi connectivity index (χ0n) is 27.5. The van der Waals surface area contributed by atoms with Crippen molar-refractivity contribution in [2.24, 2.45) is 0 Å². The van der Waals surface area contributed by atoms with Crippen molar-refractivity contribution in [3.8, 4) is 0 Å². The van der Waals surface area contributed by atoms with Crippen molar-refractivity contribution in [1.29, 1.82) is 0 Å². The largest absolute Gasteiger partial charge is 0.480 e. The molecule has 0 bridgehead atoms. The topological polar surface area (TPSA) is 92.7 Å². The van der Waals surface area contributed by atoms with Crippen molar-refractivity contribution in [2.45, 2.75) is 129 Å². The van der Waals surface area contributed by atoms with Gasteiger partial charge in [0.1, 0.15) is 12.6 Å². The molecule has 0 radical (unpaired) electrons. The lowest BCUT2D eigenvalue weighted by Gasteiger charge is -2.14. The highest BCUT2D eigenvalue weighted by atomic mass is 16.5. The SMILES string of the molecule is CC/C=C\C/C=C\C/C=C\C/C=C\C/C=C\C/C=C\CCC(=O)OC(/C=C\CCCC)CCCCCCC(=O)NCC(=O)O. The number of aliphatic carboxylic acids is 1. The molecule has 0 saturated carbocycles. The molecule has 0 spiro atoms. The van der Waals surface area contributed by atoms with E-state index >= 15 is 0 Å². The van der Waals surface area contributed by atoms with Gasteiger partial charge in [0.15, 0.2) is 0 Å². The highest BCUT2D eigenvalue weighted by Gasteiger charge is 2.11. The molecular weight excluding hydrogens is 550 g/mol. The molecule has 0 fully saturated rings. The number of unbranched alkanes of at least 4 members (excludes halogenated alkanes) is 5. The van der Waals surface area contributed by atoms with Gasteiger partial charge in [-0.1, -0.05) is 119 Å². The number of ether oxygens (including phenoxy) is 1. The Labute approximate surface area is 267 Å². The Morgan fingerprint density at radius 3 is 1.73 bits per heavy atom. The number of hydrogen-bond acceptors (Lipinski definition) is 4. The van der Waals surface area contributed by atoms with E-state index < -0.39 is 5.97 Å². The number of carbonyl (C=O) groups is 3. The second kappa shape index (κ2) is 32.5. The molecule has 0 aromatic heterocycles. The maximum Gasteiger partial charge on any atom is 0.322 e. The van der Waals surface area contributed by atoms with Crippen LogP contribution in [0.15, 0.2) is 85.1 Å². The van der Waals surface area contributed by atoms with Crippen LogP contribution in [0.4, 0.5) is 0 Å². The maximum atomic E-state index is 12.4. The molecule has 44 heavy (non-hydrogen) atoms. The van der Waals surface area contributed by atoms with Gasteiger partial charge in [-0.05, 0) is 76.7 Å². The van der Waals surface area contributed by atoms with Crippen LogP contribution in [-0.2, 0) is 19.1 Å². The fourth-order valence-corrected chi connectivity index (χ4v) is 4.08. The van der Waals surface area contributed by atoms with E-state index in [0.29, 0.717) is 25.7 Å². The van der Waals surface area contributed by atoms with Crippen LogP contribution in [0.2, 0.25) is 0 Å². The predicted octanol–water partition coefficient (Wildman–Crippen LogP) is 9.66. The minimum Gasteiger partial charge on any atom is -0.480 e. The van der Waals surface area contributed by atoms with Crippen molar-refractivity contribution < 1.29 is 24.2 Å². The summed E-state index contributed by atoms with van der Waals surface area (Å²) in [5.41, 5.74) is 0. The quantitative estimate of drug-likeness (QED) is 0.0523. The van der Waals surface area contributed by atoms with E-state index in [1.807, 2.05) is 12.2 Å². The van der Waals surface area contributed by atoms with Crippen LogP contribution in [0.3, 0.4) is 0 Å². The predicted molar refractivity (Wildman–Crippen MR) is 184 cm³/mol. The van der Waals surface area contributed by atoms with E-state index in [0.717, 1.165) is 83.5 Å². The molecule has 0 heterocycles. The molecule has 1 atom stereocenters. The lowest BCUT2D eigenvalue weighted by Crippen LogP contribution is -2.28. The highest BCUT2D eigenvalue weighted by Crippen LogP contribution is 2.13. The molecule has 0 saturated heterocycles. The third kappa shape index (κ3) is 31.5. The molecule has 2 N–H and O–H groups in total. The van der Waals surface area contributed by atoms with E-state index in [1.54, 1.807) is 0 Å². The van der Waals surface area contributed by atoms with Gasteiger partial charge in [-0.15, -0.1) is 0 Å². The highest BCUT2D eigenvalue weighted by molar-refractivity contribution is 5.80. The van der Waals surface area contributed by atoms with Crippen LogP contribution < -0.4 is 5.32 Å². The lowest BCUT2D eigenvalue weighted by atomic mass is 10.1. The van der Waals surface area contributed by atoms with Gasteiger partial charge in [0.2, 0.25) is 5.91 Å². The van der Waals surface area contributed by atoms with Crippen molar-refractivity contribution in [3.05, 3.63) is 85.1 Å². The summed E-state index contributed by atoms with van der Waals surface area (Å²) in [6.45, 7) is 3.97. The van der Waals surface area contributed by atoms with Gasteiger partial charge >= 0.3 is 11.9 Å². The first-order valence-electron chi connectivity index (χ1n) is 16.7. The Balaban J connectivity index is 4.13. The molecule has 246 valence electrons. The number of hydrogen-bond donors (Lipinski definition) is 2. The number of amides is 1. The molecule has 1 amide bonds. The molecule has 6 nitrogen and oxygen atoms in total. The molecule has 0 aliphatic heterocycles. The summed E-state index contributed by atoms with van der Waals surface area (Å²) in [5, 5.41) is 11.0. The number of esters is 1. The smallest absolute Gasteiger partial charge is 0.322 e. The van der Waals surface area contributed by atoms with Crippen LogP contribution >= 0.6 is 0 Å². The average Bonchev–Trinajstić information content (AvgIpc) is 3.00. The monoisotopic (exact) mass is 609 g/mol. The zero-order chi connectivity index (χ0) is 32.4. The van der Waals surface area contributed by atoms with Gasteiger partial charge in [-0.3, -0.25) is 14.4 Å². The summed E-state index contributed by atoms with van der Waals surface area (Å²) >= 11 is 0. The van der Waals surface area contributed by atoms with Gasteiger partial charge in [0.25, 0.3) is 0 Å². The molecule has 0 rings (SSSR count). The summed E-state index contributed by atoms with van der Waals surface area (Å²) in [4.78, 5) is 34.5. The third-order valence-electron chi connectivity index (χ3n) is 6.55. The zero-order valence-corrected chi connectivity index (χ0v) is 27.5. The minimum absolute atomic E-state index is 0.176. The third-order valence-corrected chi connectivity index (χ3v) is 6.55. The number of carboxylic acid groups (broad SMARTS) is 1. The first kappa shape index (κ1) is 40.6. The summed E-state index contributed by atoms with van der Waals surface area (Å²) in [7, 11) is 0. The Kier molecular flexibility index (Phi) is 30.0. The van der Waals surface area contributed by atoms with E-state index in [-0.39, 0.29) is 24.5 Å². The van der Waals surface area contributed by atoms with Gasteiger partial charge in [0, 0.05) is 12.8 Å². The fraction of sp³-hybridized carbons (Fsp3) is 0.553. The fourth-order valence-electron chi connectivity index (χ4n) is 4.08. The van der Waals surface area contributed by atoms with Gasteiger partial charge in [-0.25, -0.2) is 0 Å². The normalized spacial score (nSPS) is 13.1. The van der Waals surface area contributed by atoms with E-state index in [9.17, 15) is 14.4 Å². The first-order valence-corrected chi connectivity index (χ1v) is 16.7. The molecule has 0 aromatic carbocycles. The van der Waals surface area contributed by atoms with Crippen LogP contribution in [0.25, 0.3) is 0 Å². The Morgan fingerprint density at radius 1 is 0.636 bits per heavy atom. The molecule has 0 aliphatic rings. The molecule has 0 aromatic rings. The average molecular weight is 610 g/mol. The number of allylic oxidation sites excluding steroid dienone is 13. The number of nitrogens with one attached hydrogen (secondary N) is 1. The second-order valence-corrected chi connectivity index (χ2v) is 10.7. The van der Waals surface area contributed by atoms with Crippen molar-refractivity contribution in [3.63, 3.8) is 0 Å².